The van der Waals surface area contributed by atoms with Crippen molar-refractivity contribution in [3.63, 3.8) is 0 Å². The van der Waals surface area contributed by atoms with Crippen molar-refractivity contribution in [1.82, 2.24) is 0 Å². The van der Waals surface area contributed by atoms with E-state index < -0.39 is 22.1 Å². The summed E-state index contributed by atoms with van der Waals surface area (Å²) in [6.07, 6.45) is -2.23. The molecule has 1 rings (SSSR count). The topological polar surface area (TPSA) is 107 Å². The summed E-state index contributed by atoms with van der Waals surface area (Å²) in [6.45, 7) is 0. The minimum Gasteiger partial charge on any atom is -0.327 e. The van der Waals surface area contributed by atoms with E-state index in [4.69, 9.17) is 5.11 Å². The molecule has 2 atom stereocenters. The number of nitrogens with zero attached hydrogens (tertiary/aromatic N) is 2. The van der Waals surface area contributed by atoms with E-state index in [1.807, 2.05) is 0 Å². The lowest BCUT2D eigenvalue weighted by Crippen LogP contribution is -2.32. The van der Waals surface area contributed by atoms with Crippen LogP contribution in [0.4, 0.5) is 0 Å². The van der Waals surface area contributed by atoms with Crippen LogP contribution in [0.2, 0.25) is 0 Å². The third kappa shape index (κ3) is 2.47. The van der Waals surface area contributed by atoms with E-state index in [2.05, 4.69) is 0 Å². The zero-order valence-corrected chi connectivity index (χ0v) is 7.52. The van der Waals surface area contributed by atoms with Gasteiger partial charge in [-0.1, -0.05) is 30.3 Å². The van der Waals surface area contributed by atoms with E-state index in [0.717, 1.165) is 0 Å². The van der Waals surface area contributed by atoms with Gasteiger partial charge in [0.05, 0.1) is 4.92 Å². The molecule has 7 heteroatoms. The summed E-state index contributed by atoms with van der Waals surface area (Å²) >= 11 is 0. The Bertz CT molecular complexity index is 367. The van der Waals surface area contributed by atoms with Gasteiger partial charge in [-0.25, -0.2) is 0 Å². The van der Waals surface area contributed by atoms with Gasteiger partial charge < -0.3 is 5.11 Å². The molecule has 2 unspecified atom stereocenters. The standard InChI is InChI=1S/C8H8N2O5/c11-8(10(14)15)7(9(12)13)6-4-2-1-3-5-6/h1-5,7-8,11H. The maximum atomic E-state index is 10.6. The summed E-state index contributed by atoms with van der Waals surface area (Å²) in [5.41, 5.74) is 0.103. The van der Waals surface area contributed by atoms with Crippen molar-refractivity contribution in [1.29, 1.82) is 0 Å². The van der Waals surface area contributed by atoms with Crippen molar-refractivity contribution in [2.75, 3.05) is 0 Å². The third-order valence-electron chi connectivity index (χ3n) is 1.87. The first kappa shape index (κ1) is 11.1. The maximum Gasteiger partial charge on any atom is 0.384 e. The van der Waals surface area contributed by atoms with Gasteiger partial charge in [0.25, 0.3) is 0 Å². The molecule has 0 bridgehead atoms. The molecule has 0 amide bonds. The Morgan fingerprint density at radius 2 is 1.60 bits per heavy atom. The number of aliphatic hydroxyl groups excluding tert-OH is 1. The van der Waals surface area contributed by atoms with Gasteiger partial charge in [0.15, 0.2) is 0 Å². The fraction of sp³-hybridized carbons (Fsp3) is 0.250. The second kappa shape index (κ2) is 4.47. The number of nitro groups is 2. The minimum atomic E-state index is -2.23. The first-order valence-electron chi connectivity index (χ1n) is 4.04. The lowest BCUT2D eigenvalue weighted by atomic mass is 10.1. The minimum absolute atomic E-state index is 0.103. The Labute approximate surface area is 84.3 Å². The largest absolute Gasteiger partial charge is 0.384 e. The summed E-state index contributed by atoms with van der Waals surface area (Å²) in [7, 11) is 0. The molecular formula is C8H8N2O5. The van der Waals surface area contributed by atoms with Gasteiger partial charge in [0.1, 0.15) is 0 Å². The van der Waals surface area contributed by atoms with Crippen LogP contribution in [0.3, 0.4) is 0 Å². The van der Waals surface area contributed by atoms with E-state index in [1.54, 1.807) is 6.07 Å². The Morgan fingerprint density at radius 3 is 2.00 bits per heavy atom. The molecule has 15 heavy (non-hydrogen) atoms. The van der Waals surface area contributed by atoms with Crippen LogP contribution >= 0.6 is 0 Å². The molecule has 1 aromatic rings. The van der Waals surface area contributed by atoms with Crippen LogP contribution in [0.1, 0.15) is 11.6 Å². The second-order valence-electron chi connectivity index (χ2n) is 2.84. The number of hydrogen-bond donors (Lipinski definition) is 1. The monoisotopic (exact) mass is 212 g/mol. The summed E-state index contributed by atoms with van der Waals surface area (Å²) in [5, 5.41) is 29.9. The Balaban J connectivity index is 3.04. The first-order chi connectivity index (χ1) is 7.04. The smallest absolute Gasteiger partial charge is 0.327 e. The summed E-state index contributed by atoms with van der Waals surface area (Å²) in [5.74, 6) is 0. The molecule has 0 aliphatic carbocycles. The Kier molecular flexibility index (Phi) is 3.29. The van der Waals surface area contributed by atoms with Gasteiger partial charge in [-0.2, -0.15) is 0 Å². The van der Waals surface area contributed by atoms with Crippen LogP contribution in [0.5, 0.6) is 0 Å². The quantitative estimate of drug-likeness (QED) is 0.446. The number of benzene rings is 1. The molecule has 1 aromatic carbocycles. The highest BCUT2D eigenvalue weighted by atomic mass is 16.7. The molecule has 1 N–H and O–H groups in total. The van der Waals surface area contributed by atoms with Crippen molar-refractivity contribution in [2.24, 2.45) is 0 Å². The van der Waals surface area contributed by atoms with Crippen LogP contribution in [-0.2, 0) is 0 Å². The second-order valence-corrected chi connectivity index (χ2v) is 2.84. The normalized spacial score (nSPS) is 14.2. The summed E-state index contributed by atoms with van der Waals surface area (Å²) in [4.78, 5) is 18.9. The molecule has 0 radical (unpaired) electrons. The average molecular weight is 212 g/mol. The molecular weight excluding hydrogens is 204 g/mol. The van der Waals surface area contributed by atoms with Gasteiger partial charge in [0.2, 0.25) is 0 Å². The van der Waals surface area contributed by atoms with E-state index in [-0.39, 0.29) is 5.56 Å². The Hall–Kier alpha value is -2.02. The summed E-state index contributed by atoms with van der Waals surface area (Å²) < 4.78 is 0. The van der Waals surface area contributed by atoms with Crippen LogP contribution in [-0.4, -0.2) is 21.2 Å². The van der Waals surface area contributed by atoms with Crippen LogP contribution in [0.25, 0.3) is 0 Å². The van der Waals surface area contributed by atoms with Crippen molar-refractivity contribution < 1.29 is 15.0 Å². The van der Waals surface area contributed by atoms with Crippen molar-refractivity contribution in [3.8, 4) is 0 Å². The molecule has 7 nitrogen and oxygen atoms in total. The fourth-order valence-corrected chi connectivity index (χ4v) is 1.17. The molecule has 0 spiro atoms. The number of hydrogen-bond acceptors (Lipinski definition) is 5. The highest BCUT2D eigenvalue weighted by Gasteiger charge is 2.40. The van der Waals surface area contributed by atoms with Crippen molar-refractivity contribution in [2.45, 2.75) is 12.3 Å². The molecule has 80 valence electrons. The zero-order chi connectivity index (χ0) is 11.4. The Morgan fingerprint density at radius 1 is 1.07 bits per heavy atom. The van der Waals surface area contributed by atoms with E-state index in [9.17, 15) is 20.2 Å². The third-order valence-corrected chi connectivity index (χ3v) is 1.87. The van der Waals surface area contributed by atoms with Gasteiger partial charge in [-0.3, -0.25) is 20.2 Å². The van der Waals surface area contributed by atoms with Crippen molar-refractivity contribution in [3.05, 3.63) is 56.1 Å². The van der Waals surface area contributed by atoms with E-state index in [1.165, 1.54) is 24.3 Å². The van der Waals surface area contributed by atoms with E-state index in [0.29, 0.717) is 0 Å². The van der Waals surface area contributed by atoms with Crippen molar-refractivity contribution >= 4 is 0 Å². The lowest BCUT2D eigenvalue weighted by molar-refractivity contribution is -0.656. The lowest BCUT2D eigenvalue weighted by Gasteiger charge is -2.09. The maximum absolute atomic E-state index is 10.6. The van der Waals surface area contributed by atoms with Gasteiger partial charge in [0, 0.05) is 10.5 Å². The highest BCUT2D eigenvalue weighted by Crippen LogP contribution is 2.20. The van der Waals surface area contributed by atoms with Crippen LogP contribution in [0, 0.1) is 20.2 Å². The van der Waals surface area contributed by atoms with Gasteiger partial charge >= 0.3 is 12.3 Å². The first-order valence-corrected chi connectivity index (χ1v) is 4.04. The molecule has 0 saturated carbocycles. The number of rotatable bonds is 4. The SMILES string of the molecule is O=[N+]([O-])C(O)C(c1ccccc1)[N+](=O)[O-]. The summed E-state index contributed by atoms with van der Waals surface area (Å²) in [6, 6.07) is 5.64. The van der Waals surface area contributed by atoms with E-state index >= 15 is 0 Å². The van der Waals surface area contributed by atoms with Gasteiger partial charge in [-0.05, 0) is 0 Å². The van der Waals surface area contributed by atoms with Crippen LogP contribution in [0.15, 0.2) is 30.3 Å². The molecule has 0 heterocycles. The predicted molar refractivity (Wildman–Crippen MR) is 49.2 cm³/mol. The molecule has 0 aliphatic rings. The fourth-order valence-electron chi connectivity index (χ4n) is 1.17. The highest BCUT2D eigenvalue weighted by molar-refractivity contribution is 5.17. The molecule has 0 aliphatic heterocycles. The van der Waals surface area contributed by atoms with Crippen LogP contribution < -0.4 is 0 Å². The molecule has 0 fully saturated rings. The average Bonchev–Trinajstić information content (AvgIpc) is 2.18. The molecule has 0 saturated heterocycles. The predicted octanol–water partition coefficient (Wildman–Crippen LogP) is 0.599. The molecule has 0 aromatic heterocycles. The zero-order valence-electron chi connectivity index (χ0n) is 7.52. The number of aliphatic hydroxyl groups is 1. The van der Waals surface area contributed by atoms with Gasteiger partial charge in [-0.15, -0.1) is 0 Å².